The van der Waals surface area contributed by atoms with Crippen molar-refractivity contribution in [2.75, 3.05) is 7.11 Å². The molecule has 2 aromatic rings. The third-order valence-electron chi connectivity index (χ3n) is 3.11. The first kappa shape index (κ1) is 11.4. The van der Waals surface area contributed by atoms with Gasteiger partial charge in [-0.1, -0.05) is 24.3 Å². The molecular weight excluding hydrogens is 246 g/mol. The van der Waals surface area contributed by atoms with Gasteiger partial charge in [0, 0.05) is 11.1 Å². The van der Waals surface area contributed by atoms with E-state index in [0.29, 0.717) is 16.8 Å². The lowest BCUT2D eigenvalue weighted by Crippen LogP contribution is -2.20. The van der Waals surface area contributed by atoms with Gasteiger partial charge in [0.15, 0.2) is 0 Å². The van der Waals surface area contributed by atoms with Gasteiger partial charge in [0.25, 0.3) is 0 Å². The number of hydrogen-bond acceptors (Lipinski definition) is 4. The molecule has 5 heteroatoms. The average Bonchev–Trinajstić information content (AvgIpc) is 2.89. The van der Waals surface area contributed by atoms with Gasteiger partial charge in [-0.15, -0.1) is 0 Å². The van der Waals surface area contributed by atoms with Crippen LogP contribution in [-0.4, -0.2) is 29.6 Å². The number of Topliss-reactive ketones (excluding diaryl/α,β-unsaturated/α-hetero) is 2. The van der Waals surface area contributed by atoms with Crippen LogP contribution in [0.1, 0.15) is 31.2 Å². The van der Waals surface area contributed by atoms with Crippen LogP contribution in [0.15, 0.2) is 30.3 Å². The predicted molar refractivity (Wildman–Crippen MR) is 66.2 cm³/mol. The molecule has 0 saturated carbocycles. The van der Waals surface area contributed by atoms with Gasteiger partial charge >= 0.3 is 5.97 Å². The number of aromatic amines is 1. The molecule has 94 valence electrons. The van der Waals surface area contributed by atoms with Crippen molar-refractivity contribution >= 4 is 17.5 Å². The number of hydrogen-bond donors (Lipinski definition) is 1. The van der Waals surface area contributed by atoms with Crippen molar-refractivity contribution in [1.82, 2.24) is 4.98 Å². The minimum absolute atomic E-state index is 0.158. The molecule has 1 N–H and O–H groups in total. The summed E-state index contributed by atoms with van der Waals surface area (Å²) in [6.45, 7) is 0. The van der Waals surface area contributed by atoms with Gasteiger partial charge in [0.05, 0.1) is 18.4 Å². The molecule has 1 aromatic heterocycles. The van der Waals surface area contributed by atoms with E-state index in [0.717, 1.165) is 0 Å². The van der Waals surface area contributed by atoms with Gasteiger partial charge in [0.1, 0.15) is 5.69 Å². The molecule has 5 nitrogen and oxygen atoms in total. The molecule has 0 spiro atoms. The van der Waals surface area contributed by atoms with E-state index < -0.39 is 17.5 Å². The van der Waals surface area contributed by atoms with Gasteiger partial charge in [-0.2, -0.15) is 0 Å². The highest BCUT2D eigenvalue weighted by Crippen LogP contribution is 2.33. The number of aromatic nitrogens is 1. The van der Waals surface area contributed by atoms with Crippen molar-refractivity contribution in [1.29, 1.82) is 0 Å². The molecule has 0 fully saturated rings. The van der Waals surface area contributed by atoms with Gasteiger partial charge < -0.3 is 9.72 Å². The van der Waals surface area contributed by atoms with Gasteiger partial charge in [0.2, 0.25) is 11.6 Å². The molecule has 0 radical (unpaired) electrons. The Morgan fingerprint density at radius 2 is 1.68 bits per heavy atom. The topological polar surface area (TPSA) is 76.2 Å². The lowest BCUT2D eigenvalue weighted by Gasteiger charge is -2.13. The van der Waals surface area contributed by atoms with Gasteiger partial charge in [-0.3, -0.25) is 9.59 Å². The number of esters is 1. The minimum atomic E-state index is -0.611. The molecule has 0 atom stereocenters. The standard InChI is InChI=1S/C14H9NO4/c1-19-14(18)10-6-9-11(15-10)7-4-2-3-5-8(7)12(16)13(9)17/h2-6,15H,1H3. The fourth-order valence-electron chi connectivity index (χ4n) is 2.21. The van der Waals surface area contributed by atoms with E-state index in [4.69, 9.17) is 0 Å². The number of ether oxygens (including phenoxy) is 1. The summed E-state index contributed by atoms with van der Waals surface area (Å²) in [4.78, 5) is 38.3. The third kappa shape index (κ3) is 1.52. The Morgan fingerprint density at radius 3 is 2.37 bits per heavy atom. The lowest BCUT2D eigenvalue weighted by molar-refractivity contribution is 0.0595. The number of ketones is 2. The smallest absolute Gasteiger partial charge is 0.354 e. The van der Waals surface area contributed by atoms with E-state index in [1.54, 1.807) is 24.3 Å². The monoisotopic (exact) mass is 255 g/mol. The summed E-state index contributed by atoms with van der Waals surface area (Å²) in [5.41, 5.74) is 1.82. The van der Waals surface area contributed by atoms with Crippen LogP contribution in [0, 0.1) is 0 Å². The van der Waals surface area contributed by atoms with Crippen LogP contribution in [0.3, 0.4) is 0 Å². The molecule has 0 aliphatic heterocycles. The number of benzene rings is 1. The maximum absolute atomic E-state index is 12.0. The molecule has 0 unspecified atom stereocenters. The number of fused-ring (bicyclic) bond motifs is 3. The maximum Gasteiger partial charge on any atom is 0.354 e. The van der Waals surface area contributed by atoms with Crippen molar-refractivity contribution in [3.63, 3.8) is 0 Å². The Morgan fingerprint density at radius 1 is 1.05 bits per heavy atom. The van der Waals surface area contributed by atoms with Crippen LogP contribution in [-0.2, 0) is 4.74 Å². The Kier molecular flexibility index (Phi) is 2.35. The zero-order chi connectivity index (χ0) is 13.6. The van der Waals surface area contributed by atoms with Crippen LogP contribution >= 0.6 is 0 Å². The van der Waals surface area contributed by atoms with Crippen LogP contribution in [0.5, 0.6) is 0 Å². The first-order chi connectivity index (χ1) is 9.13. The second kappa shape index (κ2) is 3.91. The summed E-state index contributed by atoms with van der Waals surface area (Å²) in [6, 6.07) is 8.15. The van der Waals surface area contributed by atoms with E-state index in [-0.39, 0.29) is 11.3 Å². The molecule has 3 rings (SSSR count). The molecule has 19 heavy (non-hydrogen) atoms. The van der Waals surface area contributed by atoms with E-state index >= 15 is 0 Å². The number of rotatable bonds is 1. The summed E-state index contributed by atoms with van der Waals surface area (Å²) in [6.07, 6.45) is 0. The Bertz CT molecular complexity index is 727. The van der Waals surface area contributed by atoms with Crippen molar-refractivity contribution in [2.24, 2.45) is 0 Å². The maximum atomic E-state index is 12.0. The fourth-order valence-corrected chi connectivity index (χ4v) is 2.21. The van der Waals surface area contributed by atoms with Crippen LogP contribution in [0.4, 0.5) is 0 Å². The van der Waals surface area contributed by atoms with Crippen molar-refractivity contribution < 1.29 is 19.1 Å². The number of carbonyl (C=O) groups is 3. The minimum Gasteiger partial charge on any atom is -0.464 e. The number of methoxy groups -OCH3 is 1. The average molecular weight is 255 g/mol. The fraction of sp³-hybridized carbons (Fsp3) is 0.0714. The second-order valence-electron chi connectivity index (χ2n) is 4.17. The third-order valence-corrected chi connectivity index (χ3v) is 3.11. The molecule has 1 aliphatic carbocycles. The van der Waals surface area contributed by atoms with Gasteiger partial charge in [-0.25, -0.2) is 4.79 Å². The predicted octanol–water partition coefficient (Wildman–Crippen LogP) is 1.85. The SMILES string of the molecule is COC(=O)c1cc2c([nH]1)-c1ccccc1C(=O)C2=O. The van der Waals surface area contributed by atoms with Crippen molar-refractivity contribution in [3.8, 4) is 11.3 Å². The Balaban J connectivity index is 2.27. The number of carbonyl (C=O) groups excluding carboxylic acids is 3. The normalized spacial score (nSPS) is 12.9. The number of H-pyrrole nitrogens is 1. The van der Waals surface area contributed by atoms with E-state index in [9.17, 15) is 14.4 Å². The summed E-state index contributed by atoms with van der Waals surface area (Å²) in [7, 11) is 1.25. The summed E-state index contributed by atoms with van der Waals surface area (Å²) in [5, 5.41) is 0. The number of nitrogens with one attached hydrogen (secondary N) is 1. The van der Waals surface area contributed by atoms with Crippen LogP contribution in [0.25, 0.3) is 11.3 Å². The molecule has 1 heterocycles. The first-order valence-corrected chi connectivity index (χ1v) is 5.63. The molecule has 1 aromatic carbocycles. The summed E-state index contributed by atoms with van der Waals surface area (Å²) >= 11 is 0. The lowest BCUT2D eigenvalue weighted by atomic mass is 9.88. The zero-order valence-electron chi connectivity index (χ0n) is 10.0. The molecule has 0 amide bonds. The molecule has 0 bridgehead atoms. The second-order valence-corrected chi connectivity index (χ2v) is 4.17. The van der Waals surface area contributed by atoms with E-state index in [2.05, 4.69) is 9.72 Å². The molecule has 0 saturated heterocycles. The van der Waals surface area contributed by atoms with Gasteiger partial charge in [-0.05, 0) is 6.07 Å². The van der Waals surface area contributed by atoms with E-state index in [1.807, 2.05) is 0 Å². The Hall–Kier alpha value is -2.69. The van der Waals surface area contributed by atoms with Crippen molar-refractivity contribution in [3.05, 3.63) is 47.2 Å². The van der Waals surface area contributed by atoms with Crippen LogP contribution < -0.4 is 0 Å². The summed E-state index contributed by atoms with van der Waals surface area (Å²) < 4.78 is 4.60. The molecular formula is C14H9NO4. The largest absolute Gasteiger partial charge is 0.464 e. The van der Waals surface area contributed by atoms with Crippen LogP contribution in [0.2, 0.25) is 0 Å². The highest BCUT2D eigenvalue weighted by molar-refractivity contribution is 6.53. The Labute approximate surface area is 108 Å². The van der Waals surface area contributed by atoms with Crippen molar-refractivity contribution in [2.45, 2.75) is 0 Å². The highest BCUT2D eigenvalue weighted by atomic mass is 16.5. The van der Waals surface area contributed by atoms with E-state index in [1.165, 1.54) is 13.2 Å². The zero-order valence-corrected chi connectivity index (χ0v) is 10.0. The first-order valence-electron chi connectivity index (χ1n) is 5.63. The molecule has 1 aliphatic rings. The highest BCUT2D eigenvalue weighted by Gasteiger charge is 2.32. The quantitative estimate of drug-likeness (QED) is 0.623. The summed E-state index contributed by atoms with van der Waals surface area (Å²) in [5.74, 6) is -1.74.